The lowest BCUT2D eigenvalue weighted by atomic mass is 9.65. The number of aromatic nitrogens is 1. The molecule has 1 aromatic heterocycles. The molecule has 1 aromatic carbocycles. The van der Waals surface area contributed by atoms with Crippen LogP contribution in [0.5, 0.6) is 0 Å². The molecule has 2 heterocycles. The number of benzene rings is 1. The van der Waals surface area contributed by atoms with Crippen molar-refractivity contribution < 1.29 is 19.8 Å². The SMILES string of the molecule is CC1(C)C[C@@H]2C[C@](C)(CN2[C@H](C(=O)O)c2cn(CCC(=O)O)c3cc(Br)ccc23)C1. The minimum Gasteiger partial charge on any atom is -0.481 e. The van der Waals surface area contributed by atoms with Crippen LogP contribution in [0.4, 0.5) is 0 Å². The molecule has 2 bridgehead atoms. The zero-order valence-corrected chi connectivity index (χ0v) is 19.3. The molecule has 2 aliphatic rings. The number of likely N-dealkylation sites (tertiary alicyclic amines) is 1. The van der Waals surface area contributed by atoms with Crippen molar-refractivity contribution in [2.75, 3.05) is 6.54 Å². The van der Waals surface area contributed by atoms with E-state index in [2.05, 4.69) is 41.6 Å². The lowest BCUT2D eigenvalue weighted by molar-refractivity contribution is -0.144. The van der Waals surface area contributed by atoms with Gasteiger partial charge in [-0.1, -0.05) is 42.8 Å². The fraction of sp³-hybridized carbons (Fsp3) is 0.565. The van der Waals surface area contributed by atoms with Crippen LogP contribution in [0.15, 0.2) is 28.9 Å². The summed E-state index contributed by atoms with van der Waals surface area (Å²) in [5.74, 6) is -1.71. The highest BCUT2D eigenvalue weighted by Gasteiger charge is 2.52. The summed E-state index contributed by atoms with van der Waals surface area (Å²) in [7, 11) is 0. The van der Waals surface area contributed by atoms with Crippen LogP contribution in [0, 0.1) is 10.8 Å². The second kappa shape index (κ2) is 7.38. The molecule has 162 valence electrons. The summed E-state index contributed by atoms with van der Waals surface area (Å²) in [6.45, 7) is 7.93. The molecule has 2 N–H and O–H groups in total. The largest absolute Gasteiger partial charge is 0.481 e. The molecule has 3 atom stereocenters. The van der Waals surface area contributed by atoms with Crippen molar-refractivity contribution in [1.82, 2.24) is 9.47 Å². The van der Waals surface area contributed by atoms with E-state index in [1.54, 1.807) is 0 Å². The lowest BCUT2D eigenvalue weighted by Crippen LogP contribution is -2.39. The van der Waals surface area contributed by atoms with Crippen LogP contribution >= 0.6 is 15.9 Å². The zero-order chi connectivity index (χ0) is 21.8. The number of rotatable bonds is 6. The number of carbonyl (C=O) groups is 2. The summed E-state index contributed by atoms with van der Waals surface area (Å²) in [5, 5.41) is 20.3. The summed E-state index contributed by atoms with van der Waals surface area (Å²) in [6, 6.07) is 5.30. The molecule has 1 aliphatic carbocycles. The van der Waals surface area contributed by atoms with Gasteiger partial charge in [0.05, 0.1) is 6.42 Å². The molecule has 0 radical (unpaired) electrons. The third-order valence-electron chi connectivity index (χ3n) is 6.76. The standard InChI is InChI=1S/C23H29BrN2O4/c1-22(2)9-15-10-23(3,12-22)13-26(15)20(21(29)30)17-11-25(7-6-19(27)28)18-8-14(24)4-5-16(17)18/h4-5,8,11,15,20H,6-7,9-10,12-13H2,1-3H3,(H,27,28)(H,29,30)/t15-,20+,23+/m1/s1. The molecule has 2 aromatic rings. The average Bonchev–Trinajstić information content (AvgIpc) is 3.06. The Morgan fingerprint density at radius 3 is 2.63 bits per heavy atom. The van der Waals surface area contributed by atoms with Crippen molar-refractivity contribution in [3.05, 3.63) is 34.4 Å². The predicted octanol–water partition coefficient (Wildman–Crippen LogP) is 4.90. The number of fused-ring (bicyclic) bond motifs is 3. The van der Waals surface area contributed by atoms with Gasteiger partial charge < -0.3 is 14.8 Å². The van der Waals surface area contributed by atoms with E-state index < -0.39 is 18.0 Å². The van der Waals surface area contributed by atoms with Gasteiger partial charge in [0.2, 0.25) is 0 Å². The van der Waals surface area contributed by atoms with Crippen LogP contribution in [0.3, 0.4) is 0 Å². The smallest absolute Gasteiger partial charge is 0.325 e. The Balaban J connectivity index is 1.79. The van der Waals surface area contributed by atoms with Gasteiger partial charge in [0.1, 0.15) is 6.04 Å². The van der Waals surface area contributed by atoms with E-state index in [9.17, 15) is 14.7 Å². The van der Waals surface area contributed by atoms with Gasteiger partial charge in [0.15, 0.2) is 0 Å². The summed E-state index contributed by atoms with van der Waals surface area (Å²) in [5.41, 5.74) is 1.95. The summed E-state index contributed by atoms with van der Waals surface area (Å²) in [6.07, 6.45) is 4.98. The second-order valence-corrected chi connectivity index (χ2v) is 11.1. The Kier molecular flexibility index (Phi) is 5.26. The highest BCUT2D eigenvalue weighted by Crippen LogP contribution is 2.54. The van der Waals surface area contributed by atoms with Crippen LogP contribution < -0.4 is 0 Å². The second-order valence-electron chi connectivity index (χ2n) is 10.2. The monoisotopic (exact) mass is 476 g/mol. The first kappa shape index (κ1) is 21.4. The number of halogens is 1. The topological polar surface area (TPSA) is 82.8 Å². The molecule has 0 spiro atoms. The molecule has 0 amide bonds. The fourth-order valence-electron chi connectivity index (χ4n) is 6.17. The maximum atomic E-state index is 12.6. The van der Waals surface area contributed by atoms with Crippen molar-refractivity contribution in [3.63, 3.8) is 0 Å². The molecule has 1 saturated heterocycles. The quantitative estimate of drug-likeness (QED) is 0.618. The number of aryl methyl sites for hydroxylation is 1. The van der Waals surface area contributed by atoms with Gasteiger partial charge in [0, 0.05) is 46.3 Å². The number of aliphatic carboxylic acids is 2. The highest BCUT2D eigenvalue weighted by atomic mass is 79.9. The first-order chi connectivity index (χ1) is 14.0. The lowest BCUT2D eigenvalue weighted by Gasteiger charge is -2.40. The third-order valence-corrected chi connectivity index (χ3v) is 7.25. The average molecular weight is 477 g/mol. The molecule has 30 heavy (non-hydrogen) atoms. The Labute approximate surface area is 185 Å². The normalized spacial score (nSPS) is 26.7. The first-order valence-electron chi connectivity index (χ1n) is 10.5. The summed E-state index contributed by atoms with van der Waals surface area (Å²) in [4.78, 5) is 25.9. The first-order valence-corrected chi connectivity index (χ1v) is 11.3. The van der Waals surface area contributed by atoms with E-state index >= 15 is 0 Å². The van der Waals surface area contributed by atoms with E-state index in [1.165, 1.54) is 0 Å². The van der Waals surface area contributed by atoms with Crippen LogP contribution in [0.1, 0.15) is 58.1 Å². The maximum Gasteiger partial charge on any atom is 0.325 e. The number of nitrogens with zero attached hydrogens (tertiary/aromatic N) is 2. The minimum atomic E-state index is -0.869. The molecule has 7 heteroatoms. The van der Waals surface area contributed by atoms with Gasteiger partial charge in [-0.2, -0.15) is 0 Å². The zero-order valence-electron chi connectivity index (χ0n) is 17.7. The molecule has 6 nitrogen and oxygen atoms in total. The van der Waals surface area contributed by atoms with Gasteiger partial charge in [-0.05, 0) is 42.2 Å². The Morgan fingerprint density at radius 1 is 1.23 bits per heavy atom. The molecule has 1 saturated carbocycles. The Morgan fingerprint density at radius 2 is 1.97 bits per heavy atom. The van der Waals surface area contributed by atoms with E-state index in [0.29, 0.717) is 6.54 Å². The molecule has 1 aliphatic heterocycles. The van der Waals surface area contributed by atoms with Crippen molar-refractivity contribution in [2.45, 2.75) is 65.1 Å². The summed E-state index contributed by atoms with van der Waals surface area (Å²) >= 11 is 3.49. The van der Waals surface area contributed by atoms with Crippen LogP contribution in [-0.2, 0) is 16.1 Å². The minimum absolute atomic E-state index is 0.00787. The van der Waals surface area contributed by atoms with Gasteiger partial charge in [-0.15, -0.1) is 0 Å². The predicted molar refractivity (Wildman–Crippen MR) is 119 cm³/mol. The summed E-state index contributed by atoms with van der Waals surface area (Å²) < 4.78 is 2.77. The molecular formula is C23H29BrN2O4. The molecule has 4 rings (SSSR count). The number of hydrogen-bond acceptors (Lipinski definition) is 3. The van der Waals surface area contributed by atoms with Crippen molar-refractivity contribution >= 4 is 38.8 Å². The third kappa shape index (κ3) is 3.89. The van der Waals surface area contributed by atoms with Crippen molar-refractivity contribution in [2.24, 2.45) is 10.8 Å². The highest BCUT2D eigenvalue weighted by molar-refractivity contribution is 9.10. The van der Waals surface area contributed by atoms with Crippen LogP contribution in [0.25, 0.3) is 10.9 Å². The number of hydrogen-bond donors (Lipinski definition) is 2. The molecular weight excluding hydrogens is 448 g/mol. The Bertz CT molecular complexity index is 1010. The van der Waals surface area contributed by atoms with Crippen LogP contribution in [-0.4, -0.2) is 44.2 Å². The van der Waals surface area contributed by atoms with Gasteiger partial charge in [-0.25, -0.2) is 0 Å². The number of carboxylic acid groups (broad SMARTS) is 2. The van der Waals surface area contributed by atoms with Gasteiger partial charge in [-0.3, -0.25) is 14.5 Å². The van der Waals surface area contributed by atoms with Gasteiger partial charge in [0.25, 0.3) is 0 Å². The molecule has 0 unspecified atom stereocenters. The van der Waals surface area contributed by atoms with Crippen molar-refractivity contribution in [1.29, 1.82) is 0 Å². The Hall–Kier alpha value is -1.86. The van der Waals surface area contributed by atoms with Crippen molar-refractivity contribution in [3.8, 4) is 0 Å². The van der Waals surface area contributed by atoms with E-state index in [-0.39, 0.29) is 23.3 Å². The number of carboxylic acids is 2. The van der Waals surface area contributed by atoms with Gasteiger partial charge >= 0.3 is 11.9 Å². The van der Waals surface area contributed by atoms with Crippen LogP contribution in [0.2, 0.25) is 0 Å². The fourth-order valence-corrected chi connectivity index (χ4v) is 6.52. The van der Waals surface area contributed by atoms with E-state index in [1.807, 2.05) is 29.0 Å². The van der Waals surface area contributed by atoms with E-state index in [4.69, 9.17) is 5.11 Å². The molecule has 2 fully saturated rings. The maximum absolute atomic E-state index is 12.6. The van der Waals surface area contributed by atoms with E-state index in [0.717, 1.165) is 46.7 Å².